The number of rotatable bonds is 6. The lowest BCUT2D eigenvalue weighted by Gasteiger charge is -2.16. The van der Waals surface area contributed by atoms with E-state index in [0.717, 1.165) is 31.0 Å². The van der Waals surface area contributed by atoms with Crippen molar-refractivity contribution in [1.82, 2.24) is 9.88 Å². The van der Waals surface area contributed by atoms with Gasteiger partial charge in [-0.1, -0.05) is 0 Å². The number of aryl methyl sites for hydroxylation is 1. The quantitative estimate of drug-likeness (QED) is 0.777. The molecule has 0 radical (unpaired) electrons. The molecular weight excluding hydrogens is 196 g/mol. The highest BCUT2D eigenvalue weighted by Crippen LogP contribution is 2.44. The van der Waals surface area contributed by atoms with Gasteiger partial charge in [0.1, 0.15) is 0 Å². The van der Waals surface area contributed by atoms with Gasteiger partial charge in [-0.2, -0.15) is 0 Å². The van der Waals surface area contributed by atoms with Gasteiger partial charge in [0.05, 0.1) is 0 Å². The third-order valence-electron chi connectivity index (χ3n) is 3.98. The molecule has 2 nitrogen and oxygen atoms in total. The number of aromatic nitrogens is 1. The fourth-order valence-corrected chi connectivity index (χ4v) is 2.66. The van der Waals surface area contributed by atoms with Crippen molar-refractivity contribution < 1.29 is 0 Å². The van der Waals surface area contributed by atoms with Crippen LogP contribution < -0.4 is 5.32 Å². The zero-order valence-corrected chi connectivity index (χ0v) is 10.2. The molecule has 0 saturated heterocycles. The Morgan fingerprint density at radius 2 is 2.00 bits per heavy atom. The van der Waals surface area contributed by atoms with E-state index in [0.29, 0.717) is 0 Å². The SMILES string of the molecule is CCn1ccc(CNC(C2CC2)C2CC2)c1. The summed E-state index contributed by atoms with van der Waals surface area (Å²) in [5.41, 5.74) is 1.44. The van der Waals surface area contributed by atoms with Crippen LogP contribution in [-0.4, -0.2) is 10.6 Å². The van der Waals surface area contributed by atoms with Crippen molar-refractivity contribution in [3.63, 3.8) is 0 Å². The van der Waals surface area contributed by atoms with Gasteiger partial charge < -0.3 is 9.88 Å². The minimum absolute atomic E-state index is 0.824. The first-order chi connectivity index (χ1) is 7.86. The molecule has 0 amide bonds. The molecule has 2 heteroatoms. The summed E-state index contributed by atoms with van der Waals surface area (Å²) in [6.45, 7) is 4.33. The van der Waals surface area contributed by atoms with E-state index in [1.807, 2.05) is 0 Å². The Morgan fingerprint density at radius 1 is 1.31 bits per heavy atom. The fraction of sp³-hybridized carbons (Fsp3) is 0.714. The van der Waals surface area contributed by atoms with E-state index in [9.17, 15) is 0 Å². The Hall–Kier alpha value is -0.760. The number of hydrogen-bond acceptors (Lipinski definition) is 1. The minimum Gasteiger partial charge on any atom is -0.354 e. The van der Waals surface area contributed by atoms with Gasteiger partial charge in [0.15, 0.2) is 0 Å². The van der Waals surface area contributed by atoms with Crippen molar-refractivity contribution in [2.24, 2.45) is 11.8 Å². The van der Waals surface area contributed by atoms with Crippen molar-refractivity contribution in [2.45, 2.75) is 51.7 Å². The van der Waals surface area contributed by atoms with Crippen molar-refractivity contribution in [3.05, 3.63) is 24.0 Å². The van der Waals surface area contributed by atoms with Crippen LogP contribution in [0.1, 0.15) is 38.2 Å². The lowest BCUT2D eigenvalue weighted by atomic mass is 10.1. The molecule has 2 saturated carbocycles. The molecule has 2 aliphatic carbocycles. The lowest BCUT2D eigenvalue weighted by Crippen LogP contribution is -2.32. The molecule has 2 aliphatic rings. The predicted octanol–water partition coefficient (Wildman–Crippen LogP) is 2.79. The zero-order chi connectivity index (χ0) is 11.0. The van der Waals surface area contributed by atoms with Crippen LogP contribution >= 0.6 is 0 Å². The summed E-state index contributed by atoms with van der Waals surface area (Å²) in [5.74, 6) is 2.00. The number of nitrogens with one attached hydrogen (secondary N) is 1. The van der Waals surface area contributed by atoms with Crippen LogP contribution in [-0.2, 0) is 13.1 Å². The second kappa shape index (κ2) is 4.25. The van der Waals surface area contributed by atoms with Crippen LogP contribution in [0.4, 0.5) is 0 Å². The van der Waals surface area contributed by atoms with Crippen molar-refractivity contribution >= 4 is 0 Å². The van der Waals surface area contributed by atoms with Crippen molar-refractivity contribution in [1.29, 1.82) is 0 Å². The van der Waals surface area contributed by atoms with Gasteiger partial charge in [0.2, 0.25) is 0 Å². The maximum absolute atomic E-state index is 3.78. The van der Waals surface area contributed by atoms with E-state index in [1.54, 1.807) is 0 Å². The molecule has 0 spiro atoms. The predicted molar refractivity (Wildman–Crippen MR) is 66.2 cm³/mol. The van der Waals surface area contributed by atoms with Crippen LogP contribution in [0.5, 0.6) is 0 Å². The standard InChI is InChI=1S/C14H22N2/c1-2-16-8-7-11(10-16)9-15-14(12-3-4-12)13-5-6-13/h7-8,10,12-15H,2-6,9H2,1H3. The normalized spacial score (nSPS) is 20.6. The number of nitrogens with zero attached hydrogens (tertiary/aromatic N) is 1. The second-order valence-corrected chi connectivity index (χ2v) is 5.43. The average Bonchev–Trinajstić information content (AvgIpc) is 3.20. The molecule has 0 bridgehead atoms. The highest BCUT2D eigenvalue weighted by molar-refractivity contribution is 5.10. The summed E-state index contributed by atoms with van der Waals surface area (Å²) in [7, 11) is 0. The van der Waals surface area contributed by atoms with E-state index in [4.69, 9.17) is 0 Å². The van der Waals surface area contributed by atoms with Gasteiger partial charge in [-0.3, -0.25) is 0 Å². The molecular formula is C14H22N2. The minimum atomic E-state index is 0.824. The molecule has 16 heavy (non-hydrogen) atoms. The van der Waals surface area contributed by atoms with Gasteiger partial charge in [0.25, 0.3) is 0 Å². The van der Waals surface area contributed by atoms with E-state index >= 15 is 0 Å². The summed E-state index contributed by atoms with van der Waals surface area (Å²) in [6, 6.07) is 3.07. The molecule has 1 N–H and O–H groups in total. The first-order valence-electron chi connectivity index (χ1n) is 6.75. The third kappa shape index (κ3) is 2.32. The first kappa shape index (κ1) is 10.4. The molecule has 1 heterocycles. The Morgan fingerprint density at radius 3 is 2.50 bits per heavy atom. The smallest absolute Gasteiger partial charge is 0.0223 e. The van der Waals surface area contributed by atoms with Crippen LogP contribution in [0.25, 0.3) is 0 Å². The molecule has 1 aromatic rings. The van der Waals surface area contributed by atoms with E-state index < -0.39 is 0 Å². The monoisotopic (exact) mass is 218 g/mol. The average molecular weight is 218 g/mol. The van der Waals surface area contributed by atoms with Gasteiger partial charge in [-0.05, 0) is 56.1 Å². The van der Waals surface area contributed by atoms with Crippen LogP contribution in [0.15, 0.2) is 18.5 Å². The molecule has 0 atom stereocenters. The largest absolute Gasteiger partial charge is 0.354 e. The molecule has 3 rings (SSSR count). The molecule has 0 unspecified atom stereocenters. The zero-order valence-electron chi connectivity index (χ0n) is 10.2. The van der Waals surface area contributed by atoms with E-state index in [1.165, 1.54) is 31.2 Å². The molecule has 0 aromatic carbocycles. The molecule has 1 aromatic heterocycles. The molecule has 2 fully saturated rings. The van der Waals surface area contributed by atoms with Gasteiger partial charge in [-0.15, -0.1) is 0 Å². The highest BCUT2D eigenvalue weighted by atomic mass is 15.0. The number of hydrogen-bond donors (Lipinski definition) is 1. The van der Waals surface area contributed by atoms with Gasteiger partial charge in [0, 0.05) is 31.5 Å². The van der Waals surface area contributed by atoms with Crippen molar-refractivity contribution in [3.8, 4) is 0 Å². The van der Waals surface area contributed by atoms with Crippen LogP contribution in [0, 0.1) is 11.8 Å². The first-order valence-corrected chi connectivity index (χ1v) is 6.75. The Labute approximate surface area is 98.0 Å². The van der Waals surface area contributed by atoms with Crippen molar-refractivity contribution in [2.75, 3.05) is 0 Å². The highest BCUT2D eigenvalue weighted by Gasteiger charge is 2.40. The van der Waals surface area contributed by atoms with Crippen LogP contribution in [0.3, 0.4) is 0 Å². The maximum atomic E-state index is 3.78. The maximum Gasteiger partial charge on any atom is 0.0223 e. The fourth-order valence-electron chi connectivity index (χ4n) is 2.66. The summed E-state index contributed by atoms with van der Waals surface area (Å²) in [6.07, 6.45) is 10.3. The Bertz CT molecular complexity index is 335. The summed E-state index contributed by atoms with van der Waals surface area (Å²) < 4.78 is 2.25. The summed E-state index contributed by atoms with van der Waals surface area (Å²) in [4.78, 5) is 0. The summed E-state index contributed by atoms with van der Waals surface area (Å²) >= 11 is 0. The lowest BCUT2D eigenvalue weighted by molar-refractivity contribution is 0.415. The molecule has 0 aliphatic heterocycles. The van der Waals surface area contributed by atoms with Gasteiger partial charge >= 0.3 is 0 Å². The summed E-state index contributed by atoms with van der Waals surface area (Å²) in [5, 5.41) is 3.78. The van der Waals surface area contributed by atoms with E-state index in [-0.39, 0.29) is 0 Å². The Balaban J connectivity index is 1.53. The molecule has 88 valence electrons. The Kier molecular flexibility index (Phi) is 2.76. The third-order valence-corrected chi connectivity index (χ3v) is 3.98. The topological polar surface area (TPSA) is 17.0 Å². The van der Waals surface area contributed by atoms with E-state index in [2.05, 4.69) is 35.3 Å². The van der Waals surface area contributed by atoms with Crippen LogP contribution in [0.2, 0.25) is 0 Å². The second-order valence-electron chi connectivity index (χ2n) is 5.43. The van der Waals surface area contributed by atoms with Gasteiger partial charge in [-0.25, -0.2) is 0 Å².